The van der Waals surface area contributed by atoms with Gasteiger partial charge in [-0.25, -0.2) is 4.68 Å². The molecule has 0 amide bonds. The second kappa shape index (κ2) is 4.94. The second-order valence-corrected chi connectivity index (χ2v) is 8.69. The van der Waals surface area contributed by atoms with E-state index in [0.29, 0.717) is 0 Å². The molecule has 0 saturated carbocycles. The van der Waals surface area contributed by atoms with Crippen molar-refractivity contribution in [1.82, 2.24) is 14.9 Å². The van der Waals surface area contributed by atoms with Crippen molar-refractivity contribution in [2.24, 2.45) is 0 Å². The van der Waals surface area contributed by atoms with Gasteiger partial charge < -0.3 is 0 Å². The van der Waals surface area contributed by atoms with Gasteiger partial charge in [0.15, 0.2) is 5.82 Å². The number of hydrogen-bond acceptors (Lipinski definition) is 5. The summed E-state index contributed by atoms with van der Waals surface area (Å²) in [5.74, 6) is 0.986. The van der Waals surface area contributed by atoms with Gasteiger partial charge in [0.2, 0.25) is 5.16 Å². The summed E-state index contributed by atoms with van der Waals surface area (Å²) in [6, 6.07) is 8.05. The maximum Gasteiger partial charge on any atom is 0.216 e. The summed E-state index contributed by atoms with van der Waals surface area (Å²) in [4.78, 5) is 0. The summed E-state index contributed by atoms with van der Waals surface area (Å²) in [5, 5.41) is 16.3. The number of hydrogen-bond donors (Lipinski definition) is 0. The summed E-state index contributed by atoms with van der Waals surface area (Å²) in [6.45, 7) is 6.49. The molecule has 0 saturated heterocycles. The van der Waals surface area contributed by atoms with Crippen molar-refractivity contribution in [2.75, 3.05) is 5.01 Å². The number of nitrogens with zero attached hydrogens (tertiary/aromatic N) is 4. The fraction of sp³-hybridized carbons (Fsp3) is 0.333. The molecule has 1 aromatic heterocycles. The third-order valence-corrected chi connectivity index (χ3v) is 6.04. The molecular weight excluding hydrogens is 336 g/mol. The highest BCUT2D eigenvalue weighted by atomic mass is 35.5. The van der Waals surface area contributed by atoms with Crippen LogP contribution in [-0.2, 0) is 5.41 Å². The van der Waals surface area contributed by atoms with E-state index in [1.54, 1.807) is 23.5 Å². The Hall–Kier alpha value is -1.11. The van der Waals surface area contributed by atoms with Gasteiger partial charge in [0.25, 0.3) is 0 Å². The molecule has 1 aromatic carbocycles. The van der Waals surface area contributed by atoms with Crippen molar-refractivity contribution < 1.29 is 0 Å². The number of rotatable bonds is 1. The predicted octanol–water partition coefficient (Wildman–Crippen LogP) is 4.52. The van der Waals surface area contributed by atoms with Gasteiger partial charge in [0.05, 0.1) is 0 Å². The molecule has 0 N–H and O–H groups in total. The molecular formula is C15H15ClN4S2. The molecule has 0 bridgehead atoms. The zero-order valence-electron chi connectivity index (χ0n) is 12.4. The van der Waals surface area contributed by atoms with Gasteiger partial charge in [-0.2, -0.15) is 0 Å². The molecule has 1 atom stereocenters. The van der Waals surface area contributed by atoms with Gasteiger partial charge in [-0.05, 0) is 29.5 Å². The summed E-state index contributed by atoms with van der Waals surface area (Å²) in [6.07, 6.45) is 0. The Labute approximate surface area is 142 Å². The minimum Gasteiger partial charge on any atom is -0.252 e. The van der Waals surface area contributed by atoms with Crippen LogP contribution in [0.2, 0.25) is 5.02 Å². The number of fused-ring (bicyclic) bond motifs is 3. The van der Waals surface area contributed by atoms with Crippen LogP contribution in [0.3, 0.4) is 0 Å². The van der Waals surface area contributed by atoms with Crippen molar-refractivity contribution in [3.8, 4) is 0 Å². The molecule has 7 heteroatoms. The Kier molecular flexibility index (Phi) is 3.25. The maximum absolute atomic E-state index is 6.02. The zero-order valence-corrected chi connectivity index (χ0v) is 14.8. The Morgan fingerprint density at radius 1 is 1.14 bits per heavy atom. The van der Waals surface area contributed by atoms with E-state index in [1.807, 2.05) is 12.1 Å². The van der Waals surface area contributed by atoms with E-state index < -0.39 is 0 Å². The first-order valence-corrected chi connectivity index (χ1v) is 9.13. The van der Waals surface area contributed by atoms with Crippen LogP contribution in [-0.4, -0.2) is 14.9 Å². The second-order valence-electron chi connectivity index (χ2n) is 6.31. The number of thioether (sulfide) groups is 2. The average molecular weight is 351 g/mol. The van der Waals surface area contributed by atoms with Gasteiger partial charge >= 0.3 is 0 Å². The van der Waals surface area contributed by atoms with Gasteiger partial charge in [0.1, 0.15) is 10.4 Å². The van der Waals surface area contributed by atoms with E-state index in [1.165, 1.54) is 10.6 Å². The lowest BCUT2D eigenvalue weighted by Crippen LogP contribution is -2.34. The van der Waals surface area contributed by atoms with Crippen LogP contribution in [0.1, 0.15) is 37.5 Å². The first-order valence-electron chi connectivity index (χ1n) is 6.99. The molecule has 0 aliphatic carbocycles. The SMILES string of the molecule is CC(C)(C)c1nnc2n1N1C(=CSC1c1ccc(Cl)cc1)S2. The number of halogens is 1. The highest BCUT2D eigenvalue weighted by Gasteiger charge is 2.41. The molecule has 2 aliphatic heterocycles. The molecule has 4 nitrogen and oxygen atoms in total. The Morgan fingerprint density at radius 3 is 2.55 bits per heavy atom. The van der Waals surface area contributed by atoms with Gasteiger partial charge in [0, 0.05) is 15.8 Å². The standard InChI is InChI=1S/C15H15ClN4S2/c1-15(2,3)13-17-18-14-20(13)19-11(22-14)8-21-12(19)9-4-6-10(16)7-5-9/h4-8,12H,1-3H3. The molecule has 22 heavy (non-hydrogen) atoms. The Bertz CT molecular complexity index is 761. The number of benzene rings is 1. The summed E-state index contributed by atoms with van der Waals surface area (Å²) >= 11 is 9.49. The predicted molar refractivity (Wildman–Crippen MR) is 92.7 cm³/mol. The fourth-order valence-electron chi connectivity index (χ4n) is 2.56. The lowest BCUT2D eigenvalue weighted by Gasteiger charge is -2.28. The third kappa shape index (κ3) is 2.16. The molecule has 1 unspecified atom stereocenters. The van der Waals surface area contributed by atoms with Crippen LogP contribution in [0.15, 0.2) is 39.9 Å². The minimum absolute atomic E-state index is 0.0565. The molecule has 2 aromatic rings. The largest absolute Gasteiger partial charge is 0.252 e. The lowest BCUT2D eigenvalue weighted by molar-refractivity contribution is 0.485. The van der Waals surface area contributed by atoms with E-state index in [-0.39, 0.29) is 10.8 Å². The highest BCUT2D eigenvalue weighted by molar-refractivity contribution is 8.07. The molecule has 2 aliphatic rings. The average Bonchev–Trinajstić information content (AvgIpc) is 3.08. The smallest absolute Gasteiger partial charge is 0.216 e. The molecule has 0 spiro atoms. The van der Waals surface area contributed by atoms with Crippen LogP contribution in [0.5, 0.6) is 0 Å². The molecule has 0 fully saturated rings. The highest BCUT2D eigenvalue weighted by Crippen LogP contribution is 2.51. The fourth-order valence-corrected chi connectivity index (χ4v) is 4.91. The van der Waals surface area contributed by atoms with Gasteiger partial charge in [-0.1, -0.05) is 56.3 Å². The summed E-state index contributed by atoms with van der Waals surface area (Å²) in [5.41, 5.74) is 1.17. The molecule has 4 rings (SSSR count). The van der Waals surface area contributed by atoms with Gasteiger partial charge in [-0.15, -0.1) is 10.2 Å². The van der Waals surface area contributed by atoms with E-state index in [9.17, 15) is 0 Å². The van der Waals surface area contributed by atoms with Crippen LogP contribution < -0.4 is 5.01 Å². The quantitative estimate of drug-likeness (QED) is 0.755. The topological polar surface area (TPSA) is 34.0 Å². The van der Waals surface area contributed by atoms with E-state index >= 15 is 0 Å². The minimum atomic E-state index is -0.0565. The first-order chi connectivity index (χ1) is 10.4. The number of aromatic nitrogens is 3. The van der Waals surface area contributed by atoms with E-state index in [0.717, 1.165) is 16.0 Å². The normalized spacial score (nSPS) is 20.1. The van der Waals surface area contributed by atoms with Crippen molar-refractivity contribution in [2.45, 2.75) is 36.7 Å². The molecule has 114 valence electrons. The lowest BCUT2D eigenvalue weighted by atomic mass is 9.96. The van der Waals surface area contributed by atoms with E-state index in [2.05, 4.69) is 58.2 Å². The van der Waals surface area contributed by atoms with E-state index in [4.69, 9.17) is 11.6 Å². The maximum atomic E-state index is 6.02. The third-order valence-electron chi connectivity index (χ3n) is 3.60. The zero-order chi connectivity index (χ0) is 15.5. The van der Waals surface area contributed by atoms with Crippen LogP contribution >= 0.6 is 35.1 Å². The van der Waals surface area contributed by atoms with Crippen molar-refractivity contribution >= 4 is 35.1 Å². The first kappa shape index (κ1) is 14.5. The Morgan fingerprint density at radius 2 is 1.86 bits per heavy atom. The van der Waals surface area contributed by atoms with Gasteiger partial charge in [-0.3, -0.25) is 5.01 Å². The molecule has 3 heterocycles. The van der Waals surface area contributed by atoms with Crippen molar-refractivity contribution in [1.29, 1.82) is 0 Å². The van der Waals surface area contributed by atoms with Crippen molar-refractivity contribution in [3.05, 3.63) is 51.1 Å². The van der Waals surface area contributed by atoms with Crippen LogP contribution in [0.25, 0.3) is 0 Å². The van der Waals surface area contributed by atoms with Crippen molar-refractivity contribution in [3.63, 3.8) is 0 Å². The van der Waals surface area contributed by atoms with Crippen LogP contribution in [0, 0.1) is 0 Å². The summed E-state index contributed by atoms with van der Waals surface area (Å²) < 4.78 is 2.16. The molecule has 0 radical (unpaired) electrons. The monoisotopic (exact) mass is 350 g/mol. The van der Waals surface area contributed by atoms with Crippen LogP contribution in [0.4, 0.5) is 0 Å². The Balaban J connectivity index is 1.79. The summed E-state index contributed by atoms with van der Waals surface area (Å²) in [7, 11) is 0.